The van der Waals surface area contributed by atoms with Crippen LogP contribution >= 0.6 is 0 Å². The van der Waals surface area contributed by atoms with Crippen molar-refractivity contribution in [3.8, 4) is 11.3 Å². The van der Waals surface area contributed by atoms with Crippen LogP contribution in [0.1, 0.15) is 26.3 Å². The minimum Gasteiger partial charge on any atom is -0.337 e. The van der Waals surface area contributed by atoms with Gasteiger partial charge in [0.1, 0.15) is 11.4 Å². The molecule has 0 aliphatic carbocycles. The first-order valence-electron chi connectivity index (χ1n) is 9.53. The molecule has 0 radical (unpaired) electrons. The average Bonchev–Trinajstić information content (AvgIpc) is 2.73. The molecule has 3 rings (SSSR count). The molecule has 6 heteroatoms. The number of aromatic nitrogens is 2. The molecule has 1 amide bonds. The molecule has 29 heavy (non-hydrogen) atoms. The molecule has 5 nitrogen and oxygen atoms in total. The summed E-state index contributed by atoms with van der Waals surface area (Å²) in [6.45, 7) is 6.23. The Morgan fingerprint density at radius 1 is 1.03 bits per heavy atom. The van der Waals surface area contributed by atoms with Gasteiger partial charge in [-0.3, -0.25) is 9.59 Å². The Balaban J connectivity index is 1.94. The number of carbonyl (C=O) groups is 1. The van der Waals surface area contributed by atoms with Crippen molar-refractivity contribution in [1.82, 2.24) is 14.7 Å². The summed E-state index contributed by atoms with van der Waals surface area (Å²) in [7, 11) is 0. The van der Waals surface area contributed by atoms with E-state index in [1.165, 1.54) is 22.9 Å². The van der Waals surface area contributed by atoms with Gasteiger partial charge in [0.25, 0.3) is 5.56 Å². The number of likely N-dealkylation sites (N-methyl/N-ethyl adjacent to an activating group) is 1. The largest absolute Gasteiger partial charge is 0.337 e. The quantitative estimate of drug-likeness (QED) is 0.640. The molecule has 0 saturated heterocycles. The Kier molecular flexibility index (Phi) is 5.92. The Morgan fingerprint density at radius 2 is 1.69 bits per heavy atom. The van der Waals surface area contributed by atoms with Crippen LogP contribution in [0.4, 0.5) is 4.39 Å². The lowest BCUT2D eigenvalue weighted by molar-refractivity contribution is -0.140. The monoisotopic (exact) mass is 393 g/mol. The molecule has 1 aromatic heterocycles. The number of amides is 1. The lowest BCUT2D eigenvalue weighted by atomic mass is 10.0. The average molecular weight is 393 g/mol. The van der Waals surface area contributed by atoms with Crippen LogP contribution in [0.2, 0.25) is 0 Å². The van der Waals surface area contributed by atoms with E-state index < -0.39 is 5.54 Å². The van der Waals surface area contributed by atoms with Crippen molar-refractivity contribution in [1.29, 1.82) is 0 Å². The predicted molar refractivity (Wildman–Crippen MR) is 111 cm³/mol. The Morgan fingerprint density at radius 3 is 2.31 bits per heavy atom. The van der Waals surface area contributed by atoms with Crippen LogP contribution in [0.3, 0.4) is 0 Å². The summed E-state index contributed by atoms with van der Waals surface area (Å²) >= 11 is 0. The third-order valence-electron chi connectivity index (χ3n) is 4.88. The number of hydrogen-bond acceptors (Lipinski definition) is 3. The summed E-state index contributed by atoms with van der Waals surface area (Å²) in [6.07, 6.45) is 0. The van der Waals surface area contributed by atoms with Crippen molar-refractivity contribution in [3.63, 3.8) is 0 Å². The number of carbonyl (C=O) groups excluding carboxylic acids is 1. The van der Waals surface area contributed by atoms with E-state index in [9.17, 15) is 14.0 Å². The fourth-order valence-corrected chi connectivity index (χ4v) is 3.19. The highest BCUT2D eigenvalue weighted by atomic mass is 19.1. The van der Waals surface area contributed by atoms with Crippen LogP contribution in [0.5, 0.6) is 0 Å². The van der Waals surface area contributed by atoms with Gasteiger partial charge in [-0.1, -0.05) is 30.3 Å². The lowest BCUT2D eigenvalue weighted by Gasteiger charge is -2.32. The highest BCUT2D eigenvalue weighted by Crippen LogP contribution is 2.21. The molecule has 150 valence electrons. The summed E-state index contributed by atoms with van der Waals surface area (Å²) in [5.74, 6) is -0.549. The second-order valence-corrected chi connectivity index (χ2v) is 7.34. The van der Waals surface area contributed by atoms with E-state index in [0.717, 1.165) is 5.56 Å². The molecule has 0 unspecified atom stereocenters. The van der Waals surface area contributed by atoms with E-state index in [1.807, 2.05) is 37.3 Å². The van der Waals surface area contributed by atoms with Gasteiger partial charge in [-0.25, -0.2) is 9.07 Å². The first-order valence-corrected chi connectivity index (χ1v) is 9.53. The fourth-order valence-electron chi connectivity index (χ4n) is 3.19. The zero-order valence-electron chi connectivity index (χ0n) is 16.8. The minimum atomic E-state index is -1.18. The molecule has 0 atom stereocenters. The minimum absolute atomic E-state index is 0.199. The van der Waals surface area contributed by atoms with E-state index in [1.54, 1.807) is 36.9 Å². The highest BCUT2D eigenvalue weighted by molar-refractivity contribution is 5.83. The van der Waals surface area contributed by atoms with Crippen LogP contribution in [-0.4, -0.2) is 27.1 Å². The van der Waals surface area contributed by atoms with Gasteiger partial charge in [-0.05, 0) is 56.7 Å². The summed E-state index contributed by atoms with van der Waals surface area (Å²) in [5, 5.41) is 4.42. The van der Waals surface area contributed by atoms with Crippen molar-refractivity contribution in [2.45, 2.75) is 32.9 Å². The zero-order valence-corrected chi connectivity index (χ0v) is 16.8. The van der Waals surface area contributed by atoms with Gasteiger partial charge in [0.05, 0.1) is 5.69 Å². The van der Waals surface area contributed by atoms with Crippen molar-refractivity contribution in [2.75, 3.05) is 6.54 Å². The fraction of sp³-hybridized carbons (Fsp3) is 0.261. The third-order valence-corrected chi connectivity index (χ3v) is 4.88. The molecule has 0 N–H and O–H groups in total. The topological polar surface area (TPSA) is 55.2 Å². The smallest absolute Gasteiger partial charge is 0.267 e. The Hall–Kier alpha value is -3.28. The van der Waals surface area contributed by atoms with Crippen LogP contribution in [0.15, 0.2) is 71.5 Å². The predicted octanol–water partition coefficient (Wildman–Crippen LogP) is 3.83. The summed E-state index contributed by atoms with van der Waals surface area (Å²) in [4.78, 5) is 27.6. The van der Waals surface area contributed by atoms with Crippen molar-refractivity contribution < 1.29 is 9.18 Å². The van der Waals surface area contributed by atoms with Crippen LogP contribution < -0.4 is 5.56 Å². The normalized spacial score (nSPS) is 11.3. The van der Waals surface area contributed by atoms with E-state index in [2.05, 4.69) is 5.10 Å². The summed E-state index contributed by atoms with van der Waals surface area (Å²) < 4.78 is 14.4. The molecule has 0 fully saturated rings. The van der Waals surface area contributed by atoms with Crippen molar-refractivity contribution in [3.05, 3.63) is 88.5 Å². The molecule has 0 spiro atoms. The highest BCUT2D eigenvalue weighted by Gasteiger charge is 2.35. The Labute approximate surface area is 169 Å². The maximum absolute atomic E-state index is 13.3. The number of benzene rings is 2. The molecular weight excluding hydrogens is 369 g/mol. The van der Waals surface area contributed by atoms with Crippen molar-refractivity contribution >= 4 is 5.91 Å². The first kappa shape index (κ1) is 20.5. The van der Waals surface area contributed by atoms with E-state index in [-0.39, 0.29) is 17.3 Å². The molecule has 0 bridgehead atoms. The molecule has 0 aliphatic rings. The standard InChI is InChI=1S/C23H24FN3O2/c1-4-26(16-17-8-6-5-7-9-17)22(29)23(2,3)27-21(28)15-14-20(25-27)18-10-12-19(24)13-11-18/h5-15H,4,16H2,1-3H3. The summed E-state index contributed by atoms with van der Waals surface area (Å²) in [5.41, 5.74) is 0.623. The van der Waals surface area contributed by atoms with Gasteiger partial charge in [-0.15, -0.1) is 0 Å². The number of nitrogens with zero attached hydrogens (tertiary/aromatic N) is 3. The third kappa shape index (κ3) is 4.42. The molecular formula is C23H24FN3O2. The van der Waals surface area contributed by atoms with Gasteiger partial charge in [0.15, 0.2) is 0 Å². The molecule has 0 aliphatic heterocycles. The van der Waals surface area contributed by atoms with Gasteiger partial charge in [0.2, 0.25) is 5.91 Å². The van der Waals surface area contributed by atoms with Gasteiger partial charge in [0, 0.05) is 24.7 Å². The maximum Gasteiger partial charge on any atom is 0.267 e. The molecule has 3 aromatic rings. The summed E-state index contributed by atoms with van der Waals surface area (Å²) in [6, 6.07) is 18.5. The molecule has 0 saturated carbocycles. The number of hydrogen-bond donors (Lipinski definition) is 0. The zero-order chi connectivity index (χ0) is 21.0. The second kappa shape index (κ2) is 8.39. The lowest BCUT2D eigenvalue weighted by Crippen LogP contribution is -2.51. The van der Waals surface area contributed by atoms with E-state index in [4.69, 9.17) is 0 Å². The molecule has 2 aromatic carbocycles. The van der Waals surface area contributed by atoms with Gasteiger partial charge < -0.3 is 4.90 Å². The maximum atomic E-state index is 13.3. The number of rotatable bonds is 6. The Bertz CT molecular complexity index is 1040. The SMILES string of the molecule is CCN(Cc1ccccc1)C(=O)C(C)(C)n1nc(-c2ccc(F)cc2)ccc1=O. The number of halogens is 1. The van der Waals surface area contributed by atoms with Crippen LogP contribution in [0, 0.1) is 5.82 Å². The first-order chi connectivity index (χ1) is 13.8. The molecule has 1 heterocycles. The van der Waals surface area contributed by atoms with Gasteiger partial charge in [-0.2, -0.15) is 5.10 Å². The van der Waals surface area contributed by atoms with Gasteiger partial charge >= 0.3 is 0 Å². The second-order valence-electron chi connectivity index (χ2n) is 7.34. The van der Waals surface area contributed by atoms with E-state index in [0.29, 0.717) is 24.3 Å². The van der Waals surface area contributed by atoms with Crippen LogP contribution in [0.25, 0.3) is 11.3 Å². The van der Waals surface area contributed by atoms with Crippen molar-refractivity contribution in [2.24, 2.45) is 0 Å². The van der Waals surface area contributed by atoms with Crippen LogP contribution in [-0.2, 0) is 16.9 Å². The van der Waals surface area contributed by atoms with E-state index >= 15 is 0 Å².